The Kier molecular flexibility index (Phi) is 9.42. The zero-order valence-electron chi connectivity index (χ0n) is 22.3. The molecule has 1 saturated heterocycles. The molecule has 0 bridgehead atoms. The second kappa shape index (κ2) is 13.2. The van der Waals surface area contributed by atoms with E-state index in [-0.39, 0.29) is 27.3 Å². The summed E-state index contributed by atoms with van der Waals surface area (Å²) in [5, 5.41) is 22.4. The fraction of sp³-hybridized carbons (Fsp3) is 0.241. The number of hydrogen-bond acceptors (Lipinski definition) is 8. The van der Waals surface area contributed by atoms with Crippen LogP contribution in [0, 0.1) is 0 Å². The highest BCUT2D eigenvalue weighted by atomic mass is 35.5. The van der Waals surface area contributed by atoms with E-state index in [0.29, 0.717) is 59.5 Å². The lowest BCUT2D eigenvalue weighted by Crippen LogP contribution is -2.46. The number of hydrogen-bond donors (Lipinski definition) is 4. The smallest absolute Gasteiger partial charge is 0.278 e. The Morgan fingerprint density at radius 2 is 1.83 bits per heavy atom. The van der Waals surface area contributed by atoms with Crippen molar-refractivity contribution in [3.63, 3.8) is 0 Å². The van der Waals surface area contributed by atoms with Crippen molar-refractivity contribution in [2.24, 2.45) is 0 Å². The Labute approximate surface area is 255 Å². The van der Waals surface area contributed by atoms with E-state index in [1.165, 1.54) is 6.20 Å². The number of amides is 1. The van der Waals surface area contributed by atoms with E-state index in [2.05, 4.69) is 20.8 Å². The SMILES string of the molecule is COc1nc(-c2cccc(-c3cccc(NC(=O)c4c(Cl)cn[nH]c4=O)c3Cl)c2Cl)ccc1CNC1CCOCC1O. The summed E-state index contributed by atoms with van der Waals surface area (Å²) >= 11 is 19.7. The first-order valence-electron chi connectivity index (χ1n) is 12.9. The number of rotatable bonds is 8. The van der Waals surface area contributed by atoms with E-state index in [1.54, 1.807) is 31.4 Å². The molecule has 0 radical (unpaired) electrons. The first kappa shape index (κ1) is 30.0. The number of aliphatic hydroxyl groups is 1. The molecule has 0 spiro atoms. The summed E-state index contributed by atoms with van der Waals surface area (Å²) in [5.41, 5.74) is 2.47. The third-order valence-electron chi connectivity index (χ3n) is 6.86. The molecule has 2 unspecified atom stereocenters. The van der Waals surface area contributed by atoms with Crippen molar-refractivity contribution in [3.05, 3.63) is 91.3 Å². The van der Waals surface area contributed by atoms with Gasteiger partial charge in [0.1, 0.15) is 5.56 Å². The molecule has 1 fully saturated rings. The van der Waals surface area contributed by atoms with Crippen LogP contribution in [-0.4, -0.2) is 58.7 Å². The van der Waals surface area contributed by atoms with Gasteiger partial charge in [-0.1, -0.05) is 71.2 Å². The van der Waals surface area contributed by atoms with Crippen LogP contribution in [0.1, 0.15) is 22.3 Å². The van der Waals surface area contributed by atoms with E-state index in [0.717, 1.165) is 5.56 Å². The van der Waals surface area contributed by atoms with Gasteiger partial charge in [0, 0.05) is 41.4 Å². The molecular weight excluding hydrogens is 605 g/mol. The molecule has 4 N–H and O–H groups in total. The Morgan fingerprint density at radius 3 is 2.57 bits per heavy atom. The molecule has 4 aromatic rings. The standard InChI is InChI=1S/C29H26Cl3N5O5/c1-41-29-15(12-33-21-10-11-42-14-23(21)38)8-9-20(36-29)18-6-2-4-16(25(18)31)17-5-3-7-22(26(17)32)35-27(39)24-19(30)13-34-37-28(24)40/h2-9,13,21,23,33,38H,10-12,14H2,1H3,(H,35,39)(H,37,40). The number of aromatic nitrogens is 3. The van der Waals surface area contributed by atoms with E-state index in [1.807, 2.05) is 24.3 Å². The molecule has 2 atom stereocenters. The Hall–Kier alpha value is -3.51. The molecule has 2 aromatic heterocycles. The molecule has 0 aliphatic carbocycles. The maximum Gasteiger partial charge on any atom is 0.278 e. The van der Waals surface area contributed by atoms with Gasteiger partial charge >= 0.3 is 0 Å². The fourth-order valence-electron chi connectivity index (χ4n) is 4.68. The number of H-pyrrole nitrogens is 1. The maximum atomic E-state index is 12.8. The highest BCUT2D eigenvalue weighted by Gasteiger charge is 2.24. The number of nitrogens with zero attached hydrogens (tertiary/aromatic N) is 2. The summed E-state index contributed by atoms with van der Waals surface area (Å²) in [6.45, 7) is 1.35. The normalized spacial score (nSPS) is 16.7. The number of pyridine rings is 1. The van der Waals surface area contributed by atoms with Gasteiger partial charge in [0.05, 0.1) is 52.5 Å². The van der Waals surface area contributed by atoms with Gasteiger partial charge in [-0.15, -0.1) is 0 Å². The minimum absolute atomic E-state index is 0.0815. The van der Waals surface area contributed by atoms with Crippen LogP contribution in [0.2, 0.25) is 15.1 Å². The average Bonchev–Trinajstić information content (AvgIpc) is 2.98. The van der Waals surface area contributed by atoms with E-state index < -0.39 is 17.6 Å². The highest BCUT2D eigenvalue weighted by Crippen LogP contribution is 2.41. The van der Waals surface area contributed by atoms with Gasteiger partial charge in [-0.3, -0.25) is 9.59 Å². The quantitative estimate of drug-likeness (QED) is 0.214. The van der Waals surface area contributed by atoms with E-state index >= 15 is 0 Å². The highest BCUT2D eigenvalue weighted by molar-refractivity contribution is 6.40. The molecule has 2 aromatic carbocycles. The van der Waals surface area contributed by atoms with Crippen molar-refractivity contribution >= 4 is 46.4 Å². The summed E-state index contributed by atoms with van der Waals surface area (Å²) in [5.74, 6) is -0.310. The molecular formula is C29H26Cl3N5O5. The first-order valence-corrected chi connectivity index (χ1v) is 14.1. The molecule has 1 aliphatic rings. The number of nitrogens with one attached hydrogen (secondary N) is 3. The third kappa shape index (κ3) is 6.29. The van der Waals surface area contributed by atoms with Crippen LogP contribution in [0.3, 0.4) is 0 Å². The van der Waals surface area contributed by atoms with Gasteiger partial charge in [-0.25, -0.2) is 10.1 Å². The molecule has 218 valence electrons. The lowest BCUT2D eigenvalue weighted by molar-refractivity contribution is -0.0281. The Morgan fingerprint density at radius 1 is 1.10 bits per heavy atom. The molecule has 10 nitrogen and oxygen atoms in total. The minimum Gasteiger partial charge on any atom is -0.481 e. The second-order valence-electron chi connectivity index (χ2n) is 9.49. The monoisotopic (exact) mass is 629 g/mol. The maximum absolute atomic E-state index is 12.8. The van der Waals surface area contributed by atoms with Gasteiger partial charge in [-0.05, 0) is 18.6 Å². The minimum atomic E-state index is -0.736. The van der Waals surface area contributed by atoms with Crippen LogP contribution in [0.15, 0.2) is 59.5 Å². The topological polar surface area (TPSA) is 138 Å². The molecule has 5 rings (SSSR count). The lowest BCUT2D eigenvalue weighted by atomic mass is 10.00. The number of carbonyl (C=O) groups excluding carboxylic acids is 1. The van der Waals surface area contributed by atoms with Crippen LogP contribution < -0.4 is 20.9 Å². The van der Waals surface area contributed by atoms with Crippen molar-refractivity contribution in [1.82, 2.24) is 20.5 Å². The van der Waals surface area contributed by atoms with Gasteiger partial charge in [0.2, 0.25) is 5.88 Å². The number of carbonyl (C=O) groups is 1. The summed E-state index contributed by atoms with van der Waals surface area (Å²) in [6, 6.07) is 14.2. The molecule has 42 heavy (non-hydrogen) atoms. The van der Waals surface area contributed by atoms with Gasteiger partial charge in [0.25, 0.3) is 11.5 Å². The third-order valence-corrected chi connectivity index (χ3v) is 7.96. The summed E-state index contributed by atoms with van der Waals surface area (Å²) in [6.07, 6.45) is 1.30. The zero-order chi connectivity index (χ0) is 29.8. The number of benzene rings is 2. The van der Waals surface area contributed by atoms with E-state index in [4.69, 9.17) is 49.3 Å². The molecule has 0 saturated carbocycles. The summed E-state index contributed by atoms with van der Waals surface area (Å²) < 4.78 is 10.9. The van der Waals surface area contributed by atoms with Crippen LogP contribution in [0.25, 0.3) is 22.4 Å². The van der Waals surface area contributed by atoms with Gasteiger partial charge in [0.15, 0.2) is 0 Å². The summed E-state index contributed by atoms with van der Waals surface area (Å²) in [4.78, 5) is 29.6. The number of ether oxygens (including phenoxy) is 2. The molecule has 1 amide bonds. The van der Waals surface area contributed by atoms with Crippen LogP contribution in [0.4, 0.5) is 5.69 Å². The Balaban J connectivity index is 1.42. The van der Waals surface area contributed by atoms with Crippen molar-refractivity contribution in [1.29, 1.82) is 0 Å². The fourth-order valence-corrected chi connectivity index (χ4v) is 5.50. The molecule has 1 aliphatic heterocycles. The number of anilines is 1. The number of aliphatic hydroxyl groups excluding tert-OH is 1. The van der Waals surface area contributed by atoms with Crippen molar-refractivity contribution in [2.45, 2.75) is 25.1 Å². The molecule has 3 heterocycles. The predicted molar refractivity (Wildman–Crippen MR) is 162 cm³/mol. The van der Waals surface area contributed by atoms with Crippen LogP contribution >= 0.6 is 34.8 Å². The summed E-state index contributed by atoms with van der Waals surface area (Å²) in [7, 11) is 1.55. The van der Waals surface area contributed by atoms with Gasteiger partial charge in [-0.2, -0.15) is 5.10 Å². The average molecular weight is 631 g/mol. The molecule has 13 heteroatoms. The van der Waals surface area contributed by atoms with Crippen LogP contribution in [0.5, 0.6) is 5.88 Å². The van der Waals surface area contributed by atoms with Crippen LogP contribution in [-0.2, 0) is 11.3 Å². The van der Waals surface area contributed by atoms with Crippen molar-refractivity contribution < 1.29 is 19.4 Å². The number of methoxy groups -OCH3 is 1. The number of halogens is 3. The first-order chi connectivity index (χ1) is 20.3. The van der Waals surface area contributed by atoms with E-state index in [9.17, 15) is 14.7 Å². The second-order valence-corrected chi connectivity index (χ2v) is 10.7. The lowest BCUT2D eigenvalue weighted by Gasteiger charge is -2.28. The largest absolute Gasteiger partial charge is 0.481 e. The van der Waals surface area contributed by atoms with Gasteiger partial charge < -0.3 is 25.2 Å². The van der Waals surface area contributed by atoms with Crippen molar-refractivity contribution in [3.8, 4) is 28.3 Å². The zero-order valence-corrected chi connectivity index (χ0v) is 24.6. The predicted octanol–water partition coefficient (Wildman–Crippen LogP) is 4.96. The Bertz CT molecular complexity index is 1680. The number of aromatic amines is 1. The van der Waals surface area contributed by atoms with Crippen molar-refractivity contribution in [2.75, 3.05) is 25.6 Å².